The molecule has 0 aromatic rings. The van der Waals surface area contributed by atoms with Gasteiger partial charge in [-0.1, -0.05) is 0 Å². The minimum atomic E-state index is 0.898. The predicted octanol–water partition coefficient (Wildman–Crippen LogP) is 1.71. The zero-order valence-corrected chi connectivity index (χ0v) is 9.87. The molecular weight excluding hydrogens is 300 g/mol. The topological polar surface area (TPSA) is 0 Å². The fourth-order valence-corrected chi connectivity index (χ4v) is 4.51. The summed E-state index contributed by atoms with van der Waals surface area (Å²) in [5.74, 6) is 1.81. The van der Waals surface area contributed by atoms with Gasteiger partial charge < -0.3 is 0 Å². The van der Waals surface area contributed by atoms with Crippen LogP contribution in [0, 0.1) is 11.8 Å². The summed E-state index contributed by atoms with van der Waals surface area (Å²) < 4.78 is 0.941. The fourth-order valence-electron chi connectivity index (χ4n) is 1.84. The molecule has 1 heteroatoms. The summed E-state index contributed by atoms with van der Waals surface area (Å²) in [6.07, 6.45) is 6.08. The maximum atomic E-state index is 4.04. The van der Waals surface area contributed by atoms with E-state index in [-0.39, 0.29) is 0 Å². The van der Waals surface area contributed by atoms with Crippen molar-refractivity contribution in [2.45, 2.75) is 9.90 Å². The SMILES string of the molecule is C=C1CC2C=C[CH]([Tl])C12. The van der Waals surface area contributed by atoms with Crippen LogP contribution in [0.3, 0.4) is 0 Å². The Hall–Kier alpha value is 0.402. The molecule has 2 rings (SSSR count). The number of fused-ring (bicyclic) bond motifs is 1. The summed E-state index contributed by atoms with van der Waals surface area (Å²) in [6, 6.07) is 0. The molecule has 0 heterocycles. The van der Waals surface area contributed by atoms with Gasteiger partial charge in [0.2, 0.25) is 0 Å². The van der Waals surface area contributed by atoms with Crippen LogP contribution in [-0.4, -0.2) is 25.8 Å². The van der Waals surface area contributed by atoms with Crippen LogP contribution in [0.1, 0.15) is 6.42 Å². The van der Waals surface area contributed by atoms with Crippen LogP contribution in [0.25, 0.3) is 0 Å². The van der Waals surface area contributed by atoms with Crippen molar-refractivity contribution < 1.29 is 0 Å². The molecule has 3 unspecified atom stereocenters. The monoisotopic (exact) mass is 310 g/mol. The number of hydrogen-bond donors (Lipinski definition) is 0. The zero-order valence-electron chi connectivity index (χ0n) is 5.38. The first-order chi connectivity index (χ1) is 4.29. The summed E-state index contributed by atoms with van der Waals surface area (Å²) in [5, 5.41) is 0. The summed E-state index contributed by atoms with van der Waals surface area (Å²) in [4.78, 5) is 0. The Labute approximate surface area is 71.7 Å². The first kappa shape index (κ1) is 6.13. The maximum absolute atomic E-state index is 4.04. The molecule has 1 fully saturated rings. The van der Waals surface area contributed by atoms with Gasteiger partial charge in [-0.25, -0.2) is 0 Å². The van der Waals surface area contributed by atoms with E-state index < -0.39 is 0 Å². The number of allylic oxidation sites excluding steroid dienone is 3. The van der Waals surface area contributed by atoms with Gasteiger partial charge in [-0.15, -0.1) is 0 Å². The molecular formula is C8H9Tl. The molecule has 9 heavy (non-hydrogen) atoms. The van der Waals surface area contributed by atoms with Crippen LogP contribution in [0.15, 0.2) is 24.3 Å². The van der Waals surface area contributed by atoms with Gasteiger partial charge in [-0.05, 0) is 0 Å². The average molecular weight is 310 g/mol. The first-order valence-electron chi connectivity index (χ1n) is 3.40. The van der Waals surface area contributed by atoms with E-state index >= 15 is 0 Å². The Morgan fingerprint density at radius 3 is 2.78 bits per heavy atom. The molecule has 0 N–H and O–H groups in total. The summed E-state index contributed by atoms with van der Waals surface area (Å²) in [6.45, 7) is 4.04. The fraction of sp³-hybridized carbons (Fsp3) is 0.500. The van der Waals surface area contributed by atoms with Gasteiger partial charge in [0, 0.05) is 0 Å². The van der Waals surface area contributed by atoms with E-state index in [4.69, 9.17) is 0 Å². The van der Waals surface area contributed by atoms with Gasteiger partial charge in [0.05, 0.1) is 0 Å². The Kier molecular flexibility index (Phi) is 1.32. The quantitative estimate of drug-likeness (QED) is 0.472. The van der Waals surface area contributed by atoms with Crippen LogP contribution in [0.5, 0.6) is 0 Å². The molecule has 0 aromatic heterocycles. The van der Waals surface area contributed by atoms with Gasteiger partial charge in [0.15, 0.2) is 0 Å². The minimum absolute atomic E-state index is 0.898. The summed E-state index contributed by atoms with van der Waals surface area (Å²) >= 11 is 1.12. The van der Waals surface area contributed by atoms with Gasteiger partial charge in [0.1, 0.15) is 0 Å². The molecule has 0 aromatic carbocycles. The van der Waals surface area contributed by atoms with Crippen molar-refractivity contribution in [3.63, 3.8) is 0 Å². The Morgan fingerprint density at radius 1 is 1.56 bits per heavy atom. The summed E-state index contributed by atoms with van der Waals surface area (Å²) in [5.41, 5.74) is 1.51. The second-order valence-electron chi connectivity index (χ2n) is 3.01. The third kappa shape index (κ3) is 0.752. The third-order valence-electron chi connectivity index (χ3n) is 2.43. The second-order valence-corrected chi connectivity index (χ2v) is 6.01. The molecule has 0 amide bonds. The van der Waals surface area contributed by atoms with E-state index in [0.29, 0.717) is 0 Å². The second kappa shape index (κ2) is 1.94. The van der Waals surface area contributed by atoms with Crippen molar-refractivity contribution in [1.29, 1.82) is 0 Å². The average Bonchev–Trinajstić information content (AvgIpc) is 2.04. The van der Waals surface area contributed by atoms with Crippen molar-refractivity contribution in [2.75, 3.05) is 0 Å². The first-order valence-corrected chi connectivity index (χ1v) is 6.00. The Morgan fingerprint density at radius 2 is 2.33 bits per heavy atom. The van der Waals surface area contributed by atoms with E-state index in [1.807, 2.05) is 0 Å². The Bertz CT molecular complexity index is 173. The van der Waals surface area contributed by atoms with Gasteiger partial charge in [-0.3, -0.25) is 0 Å². The molecule has 0 bridgehead atoms. The molecule has 0 nitrogen and oxygen atoms in total. The zero-order chi connectivity index (χ0) is 6.43. The third-order valence-corrected chi connectivity index (χ3v) is 4.90. The van der Waals surface area contributed by atoms with E-state index in [1.165, 1.54) is 12.0 Å². The molecule has 0 spiro atoms. The number of hydrogen-bond acceptors (Lipinski definition) is 0. The van der Waals surface area contributed by atoms with Crippen molar-refractivity contribution in [1.82, 2.24) is 0 Å². The molecule has 0 saturated heterocycles. The molecule has 0 radical (unpaired) electrons. The summed E-state index contributed by atoms with van der Waals surface area (Å²) in [7, 11) is 0. The van der Waals surface area contributed by atoms with Crippen molar-refractivity contribution in [3.05, 3.63) is 24.3 Å². The van der Waals surface area contributed by atoms with E-state index in [1.54, 1.807) is 0 Å². The van der Waals surface area contributed by atoms with Crippen LogP contribution < -0.4 is 0 Å². The van der Waals surface area contributed by atoms with E-state index in [0.717, 1.165) is 41.1 Å². The standard InChI is InChI=1S/C8H9.Tl/c1-6-5-7-3-2-4-8(6)7;/h2-4,7-8H,1,5H2;. The molecule has 2 aliphatic rings. The normalized spacial score (nSPS) is 46.6. The van der Waals surface area contributed by atoms with Crippen LogP contribution >= 0.6 is 0 Å². The van der Waals surface area contributed by atoms with Crippen molar-refractivity contribution in [3.8, 4) is 0 Å². The molecule has 44 valence electrons. The van der Waals surface area contributed by atoms with E-state index in [2.05, 4.69) is 18.7 Å². The number of rotatable bonds is 0. The van der Waals surface area contributed by atoms with E-state index in [9.17, 15) is 0 Å². The molecule has 0 aliphatic heterocycles. The van der Waals surface area contributed by atoms with Crippen LogP contribution in [0.4, 0.5) is 0 Å². The molecule has 3 atom stereocenters. The van der Waals surface area contributed by atoms with Crippen LogP contribution in [0.2, 0.25) is 3.48 Å². The predicted molar refractivity (Wildman–Crippen MR) is 39.4 cm³/mol. The van der Waals surface area contributed by atoms with Gasteiger partial charge in [-0.2, -0.15) is 0 Å². The van der Waals surface area contributed by atoms with Crippen molar-refractivity contribution >= 4 is 25.8 Å². The van der Waals surface area contributed by atoms with Gasteiger partial charge in [0.25, 0.3) is 0 Å². The molecule has 2 aliphatic carbocycles. The van der Waals surface area contributed by atoms with Gasteiger partial charge >= 0.3 is 71.8 Å². The Balaban J connectivity index is 2.21. The van der Waals surface area contributed by atoms with Crippen molar-refractivity contribution in [2.24, 2.45) is 11.8 Å². The molecule has 1 saturated carbocycles. The van der Waals surface area contributed by atoms with Crippen LogP contribution in [-0.2, 0) is 0 Å².